The van der Waals surface area contributed by atoms with Gasteiger partial charge in [-0.1, -0.05) is 42.5 Å². The van der Waals surface area contributed by atoms with Crippen molar-refractivity contribution in [2.24, 2.45) is 5.92 Å². The fourth-order valence-corrected chi connectivity index (χ4v) is 3.45. The van der Waals surface area contributed by atoms with E-state index in [2.05, 4.69) is 5.32 Å². The van der Waals surface area contributed by atoms with Gasteiger partial charge in [0.2, 0.25) is 5.91 Å². The van der Waals surface area contributed by atoms with Gasteiger partial charge in [-0.2, -0.15) is 0 Å². The van der Waals surface area contributed by atoms with Gasteiger partial charge in [-0.05, 0) is 43.4 Å². The average molecular weight is 350 g/mol. The molecular formula is C21H22N2O3. The van der Waals surface area contributed by atoms with Gasteiger partial charge in [-0.25, -0.2) is 0 Å². The van der Waals surface area contributed by atoms with E-state index in [4.69, 9.17) is 4.74 Å². The van der Waals surface area contributed by atoms with Gasteiger partial charge in [-0.15, -0.1) is 0 Å². The molecule has 4 rings (SSSR count). The molecule has 2 amide bonds. The van der Waals surface area contributed by atoms with Crippen LogP contribution in [0.2, 0.25) is 0 Å². The number of fused-ring (bicyclic) bond motifs is 1. The highest BCUT2D eigenvalue weighted by Gasteiger charge is 2.36. The Kier molecular flexibility index (Phi) is 4.37. The number of carbonyl (C=O) groups excluding carboxylic acids is 2. The van der Waals surface area contributed by atoms with Crippen LogP contribution in [-0.4, -0.2) is 24.5 Å². The van der Waals surface area contributed by atoms with E-state index < -0.39 is 6.10 Å². The van der Waals surface area contributed by atoms with Crippen molar-refractivity contribution in [2.75, 3.05) is 11.4 Å². The number of amides is 2. The second kappa shape index (κ2) is 6.83. The summed E-state index contributed by atoms with van der Waals surface area (Å²) >= 11 is 0. The van der Waals surface area contributed by atoms with E-state index in [-0.39, 0.29) is 24.4 Å². The van der Waals surface area contributed by atoms with E-state index in [1.165, 1.54) is 4.90 Å². The number of nitrogens with one attached hydrogen (secondary N) is 1. The molecule has 2 aliphatic rings. The highest BCUT2D eigenvalue weighted by atomic mass is 16.5. The molecule has 1 aliphatic carbocycles. The average Bonchev–Trinajstić information content (AvgIpc) is 3.49. The van der Waals surface area contributed by atoms with Crippen molar-refractivity contribution >= 4 is 17.5 Å². The quantitative estimate of drug-likeness (QED) is 0.902. The normalized spacial score (nSPS) is 20.1. The lowest BCUT2D eigenvalue weighted by Gasteiger charge is -2.33. The van der Waals surface area contributed by atoms with Crippen molar-refractivity contribution < 1.29 is 14.3 Å². The molecule has 1 aliphatic heterocycles. The first-order valence-electron chi connectivity index (χ1n) is 9.05. The molecule has 5 heteroatoms. The highest BCUT2D eigenvalue weighted by molar-refractivity contribution is 6.03. The van der Waals surface area contributed by atoms with Crippen LogP contribution in [-0.2, 0) is 9.59 Å². The number of para-hydroxylation sites is 2. The fourth-order valence-electron chi connectivity index (χ4n) is 3.45. The van der Waals surface area contributed by atoms with Crippen molar-refractivity contribution in [1.29, 1.82) is 0 Å². The Labute approximate surface area is 153 Å². The Morgan fingerprint density at radius 2 is 1.85 bits per heavy atom. The summed E-state index contributed by atoms with van der Waals surface area (Å²) in [7, 11) is 0. The van der Waals surface area contributed by atoms with Crippen LogP contribution in [0, 0.1) is 5.92 Å². The summed E-state index contributed by atoms with van der Waals surface area (Å²) in [5.41, 5.74) is 1.76. The third-order valence-corrected chi connectivity index (χ3v) is 4.94. The lowest BCUT2D eigenvalue weighted by molar-refractivity contribution is -0.128. The van der Waals surface area contributed by atoms with Crippen molar-refractivity contribution in [3.8, 4) is 5.75 Å². The summed E-state index contributed by atoms with van der Waals surface area (Å²) in [5.74, 6) is 0.770. The van der Waals surface area contributed by atoms with E-state index >= 15 is 0 Å². The van der Waals surface area contributed by atoms with Gasteiger partial charge in [0.05, 0.1) is 11.7 Å². The first-order valence-corrected chi connectivity index (χ1v) is 9.05. The molecule has 0 radical (unpaired) electrons. The van der Waals surface area contributed by atoms with Crippen LogP contribution >= 0.6 is 0 Å². The summed E-state index contributed by atoms with van der Waals surface area (Å²) < 4.78 is 5.63. The molecule has 1 fully saturated rings. The molecule has 2 aromatic rings. The smallest absolute Gasteiger partial charge is 0.268 e. The van der Waals surface area contributed by atoms with Gasteiger partial charge >= 0.3 is 0 Å². The maximum atomic E-state index is 12.7. The maximum Gasteiger partial charge on any atom is 0.268 e. The molecule has 1 heterocycles. The summed E-state index contributed by atoms with van der Waals surface area (Å²) in [6, 6.07) is 17.4. The number of ether oxygens (including phenoxy) is 1. The van der Waals surface area contributed by atoms with Gasteiger partial charge in [0.25, 0.3) is 5.91 Å². The van der Waals surface area contributed by atoms with Crippen LogP contribution in [0.15, 0.2) is 54.6 Å². The molecule has 2 atom stereocenters. The topological polar surface area (TPSA) is 58.6 Å². The standard InChI is InChI=1S/C21H22N2O3/c1-14-21(25)23(17-9-5-6-10-18(17)26-14)13-19(24)22-20(16-11-12-16)15-7-3-2-4-8-15/h2-10,14,16,20H,11-13H2,1H3,(H,22,24)/t14-,20+/m0/s1. The minimum atomic E-state index is -0.592. The van der Waals surface area contributed by atoms with Crippen molar-refractivity contribution in [1.82, 2.24) is 5.32 Å². The van der Waals surface area contributed by atoms with Crippen LogP contribution in [0.4, 0.5) is 5.69 Å². The van der Waals surface area contributed by atoms with Crippen LogP contribution in [0.3, 0.4) is 0 Å². The molecular weight excluding hydrogens is 328 g/mol. The van der Waals surface area contributed by atoms with E-state index in [1.54, 1.807) is 6.92 Å². The summed E-state index contributed by atoms with van der Waals surface area (Å²) in [4.78, 5) is 26.8. The monoisotopic (exact) mass is 350 g/mol. The fraction of sp³-hybridized carbons (Fsp3) is 0.333. The molecule has 1 N–H and O–H groups in total. The molecule has 26 heavy (non-hydrogen) atoms. The van der Waals surface area contributed by atoms with E-state index in [1.807, 2.05) is 54.6 Å². The lowest BCUT2D eigenvalue weighted by Crippen LogP contribution is -2.49. The Morgan fingerprint density at radius 3 is 2.58 bits per heavy atom. The third-order valence-electron chi connectivity index (χ3n) is 4.94. The Balaban J connectivity index is 1.51. The molecule has 1 saturated carbocycles. The zero-order valence-electron chi connectivity index (χ0n) is 14.7. The molecule has 134 valence electrons. The van der Waals surface area contributed by atoms with Gasteiger partial charge in [0.1, 0.15) is 12.3 Å². The Hall–Kier alpha value is -2.82. The number of rotatable bonds is 5. The van der Waals surface area contributed by atoms with Gasteiger partial charge < -0.3 is 10.1 Å². The number of anilines is 1. The first-order chi connectivity index (χ1) is 12.6. The van der Waals surface area contributed by atoms with Crippen LogP contribution in [0.1, 0.15) is 31.4 Å². The SMILES string of the molecule is C[C@@H]1Oc2ccccc2N(CC(=O)N[C@H](c2ccccc2)C2CC2)C1=O. The van der Waals surface area contributed by atoms with Crippen molar-refractivity contribution in [2.45, 2.75) is 31.9 Å². The zero-order chi connectivity index (χ0) is 18.1. The molecule has 0 aromatic heterocycles. The van der Waals surface area contributed by atoms with Crippen LogP contribution in [0.25, 0.3) is 0 Å². The number of hydrogen-bond acceptors (Lipinski definition) is 3. The van der Waals surface area contributed by atoms with E-state index in [0.29, 0.717) is 17.4 Å². The van der Waals surface area contributed by atoms with E-state index in [0.717, 1.165) is 18.4 Å². The molecule has 0 bridgehead atoms. The van der Waals surface area contributed by atoms with Crippen LogP contribution in [0.5, 0.6) is 5.75 Å². The van der Waals surface area contributed by atoms with Crippen molar-refractivity contribution in [3.05, 3.63) is 60.2 Å². The molecule has 0 saturated heterocycles. The van der Waals surface area contributed by atoms with E-state index in [9.17, 15) is 9.59 Å². The lowest BCUT2D eigenvalue weighted by atomic mass is 10.0. The maximum absolute atomic E-state index is 12.7. The van der Waals surface area contributed by atoms with Gasteiger partial charge in [0.15, 0.2) is 6.10 Å². The summed E-state index contributed by atoms with van der Waals surface area (Å²) in [5, 5.41) is 3.14. The van der Waals surface area contributed by atoms with Crippen molar-refractivity contribution in [3.63, 3.8) is 0 Å². The minimum Gasteiger partial charge on any atom is -0.479 e. The second-order valence-corrected chi connectivity index (χ2v) is 6.95. The first kappa shape index (κ1) is 16.6. The highest BCUT2D eigenvalue weighted by Crippen LogP contribution is 2.41. The Morgan fingerprint density at radius 1 is 1.15 bits per heavy atom. The molecule has 2 aromatic carbocycles. The third kappa shape index (κ3) is 3.29. The number of hydrogen-bond donors (Lipinski definition) is 1. The summed E-state index contributed by atoms with van der Waals surface area (Å²) in [6.07, 6.45) is 1.65. The Bertz CT molecular complexity index is 817. The molecule has 5 nitrogen and oxygen atoms in total. The minimum absolute atomic E-state index is 0.000397. The second-order valence-electron chi connectivity index (χ2n) is 6.95. The zero-order valence-corrected chi connectivity index (χ0v) is 14.7. The number of benzene rings is 2. The van der Waals surface area contributed by atoms with Crippen LogP contribution < -0.4 is 15.0 Å². The van der Waals surface area contributed by atoms with Gasteiger partial charge in [0, 0.05) is 0 Å². The number of carbonyl (C=O) groups is 2. The summed E-state index contributed by atoms with van der Waals surface area (Å²) in [6.45, 7) is 1.71. The molecule has 0 unspecified atom stereocenters. The predicted octanol–water partition coefficient (Wildman–Crippen LogP) is 3.07. The predicted molar refractivity (Wildman–Crippen MR) is 98.9 cm³/mol. The van der Waals surface area contributed by atoms with Gasteiger partial charge in [-0.3, -0.25) is 14.5 Å². The number of nitrogens with zero attached hydrogens (tertiary/aromatic N) is 1. The largest absolute Gasteiger partial charge is 0.479 e. The molecule has 0 spiro atoms.